The molecular formula is C37H74O2. The van der Waals surface area contributed by atoms with Gasteiger partial charge in [0.15, 0.2) is 0 Å². The van der Waals surface area contributed by atoms with Crippen molar-refractivity contribution in [1.82, 2.24) is 0 Å². The summed E-state index contributed by atoms with van der Waals surface area (Å²) in [6.45, 7) is 9.70. The minimum Gasteiger partial charge on any atom is -0.465 e. The Hall–Kier alpha value is -0.530. The summed E-state index contributed by atoms with van der Waals surface area (Å²) in [5, 5.41) is 0. The van der Waals surface area contributed by atoms with Gasteiger partial charge in [0.2, 0.25) is 0 Å². The Morgan fingerprint density at radius 1 is 0.436 bits per heavy atom. The minimum absolute atomic E-state index is 0.0703. The van der Waals surface area contributed by atoms with Crippen LogP contribution in [0, 0.1) is 11.8 Å². The van der Waals surface area contributed by atoms with Gasteiger partial charge in [-0.25, -0.2) is 0 Å². The van der Waals surface area contributed by atoms with Crippen molar-refractivity contribution in [2.75, 3.05) is 6.61 Å². The molecule has 0 aliphatic heterocycles. The monoisotopic (exact) mass is 551 g/mol. The lowest BCUT2D eigenvalue weighted by atomic mass is 9.91. The zero-order chi connectivity index (χ0) is 28.7. The van der Waals surface area contributed by atoms with Gasteiger partial charge in [0, 0.05) is 6.42 Å². The number of carbonyl (C=O) groups excluding carboxylic acids is 1. The van der Waals surface area contributed by atoms with E-state index >= 15 is 0 Å². The lowest BCUT2D eigenvalue weighted by Crippen LogP contribution is -2.17. The average Bonchev–Trinajstić information content (AvgIpc) is 2.94. The molecule has 234 valence electrons. The summed E-state index contributed by atoms with van der Waals surface area (Å²) < 4.78 is 5.80. The van der Waals surface area contributed by atoms with E-state index in [1.807, 2.05) is 0 Å². The van der Waals surface area contributed by atoms with Gasteiger partial charge >= 0.3 is 5.97 Å². The highest BCUT2D eigenvalue weighted by molar-refractivity contribution is 5.69. The molecule has 0 heterocycles. The van der Waals surface area contributed by atoms with Crippen molar-refractivity contribution < 1.29 is 9.53 Å². The number of ether oxygens (including phenoxy) is 1. The second-order valence-electron chi connectivity index (χ2n) is 12.8. The fourth-order valence-corrected chi connectivity index (χ4v) is 5.95. The van der Waals surface area contributed by atoms with Crippen LogP contribution in [0.1, 0.15) is 214 Å². The van der Waals surface area contributed by atoms with Crippen LogP contribution in [0.25, 0.3) is 0 Å². The predicted molar refractivity (Wildman–Crippen MR) is 175 cm³/mol. The number of hydrogen-bond donors (Lipinski definition) is 0. The highest BCUT2D eigenvalue weighted by Gasteiger charge is 2.16. The number of hydrogen-bond acceptors (Lipinski definition) is 2. The Kier molecular flexibility index (Phi) is 31.6. The molecule has 0 aromatic carbocycles. The Morgan fingerprint density at radius 2 is 0.769 bits per heavy atom. The van der Waals surface area contributed by atoms with Gasteiger partial charge in [0.1, 0.15) is 0 Å². The molecule has 0 fully saturated rings. The number of carbonyl (C=O) groups is 1. The van der Waals surface area contributed by atoms with Crippen LogP contribution in [0.2, 0.25) is 0 Å². The molecule has 2 unspecified atom stereocenters. The smallest absolute Gasteiger partial charge is 0.306 e. The molecular weight excluding hydrogens is 476 g/mol. The van der Waals surface area contributed by atoms with Crippen LogP contribution in [0.15, 0.2) is 0 Å². The molecule has 0 aromatic heterocycles. The van der Waals surface area contributed by atoms with E-state index in [0.717, 1.165) is 6.42 Å². The van der Waals surface area contributed by atoms with Crippen LogP contribution in [-0.4, -0.2) is 12.6 Å². The van der Waals surface area contributed by atoms with Gasteiger partial charge in [-0.1, -0.05) is 188 Å². The Bertz CT molecular complexity index is 474. The minimum atomic E-state index is 0.0703. The largest absolute Gasteiger partial charge is 0.465 e. The third-order valence-corrected chi connectivity index (χ3v) is 8.91. The van der Waals surface area contributed by atoms with E-state index in [1.165, 1.54) is 173 Å². The second kappa shape index (κ2) is 32.0. The van der Waals surface area contributed by atoms with Gasteiger partial charge in [-0.3, -0.25) is 4.79 Å². The Balaban J connectivity index is 4.16. The molecule has 2 nitrogen and oxygen atoms in total. The molecule has 0 aliphatic rings. The second-order valence-corrected chi connectivity index (χ2v) is 12.8. The third kappa shape index (κ3) is 28.8. The number of rotatable bonds is 32. The lowest BCUT2D eigenvalue weighted by molar-refractivity contribution is -0.146. The van der Waals surface area contributed by atoms with Crippen molar-refractivity contribution in [1.29, 1.82) is 0 Å². The van der Waals surface area contributed by atoms with Gasteiger partial charge in [-0.15, -0.1) is 0 Å². The highest BCUT2D eigenvalue weighted by Crippen LogP contribution is 2.24. The third-order valence-electron chi connectivity index (χ3n) is 8.91. The zero-order valence-electron chi connectivity index (χ0n) is 27.7. The normalized spacial score (nSPS) is 13.0. The molecule has 0 N–H and O–H groups in total. The van der Waals surface area contributed by atoms with E-state index in [-0.39, 0.29) is 5.97 Å². The van der Waals surface area contributed by atoms with Gasteiger partial charge in [0.05, 0.1) is 6.61 Å². The van der Waals surface area contributed by atoms with Crippen molar-refractivity contribution in [3.05, 3.63) is 0 Å². The molecule has 0 rings (SSSR count). The molecule has 0 saturated heterocycles. The summed E-state index contributed by atoms with van der Waals surface area (Å²) in [6, 6.07) is 0. The van der Waals surface area contributed by atoms with E-state index in [0.29, 0.717) is 24.9 Å². The zero-order valence-corrected chi connectivity index (χ0v) is 27.7. The fraction of sp³-hybridized carbons (Fsp3) is 0.973. The van der Waals surface area contributed by atoms with Crippen molar-refractivity contribution >= 4 is 5.97 Å². The predicted octanol–water partition coefficient (Wildman–Crippen LogP) is 13.2. The van der Waals surface area contributed by atoms with E-state index in [1.54, 1.807) is 0 Å². The maximum atomic E-state index is 12.7. The van der Waals surface area contributed by atoms with E-state index < -0.39 is 0 Å². The molecule has 0 aliphatic carbocycles. The summed E-state index contributed by atoms with van der Waals surface area (Å²) in [5.74, 6) is 1.15. The first kappa shape index (κ1) is 38.5. The summed E-state index contributed by atoms with van der Waals surface area (Å²) in [6.07, 6.45) is 38.5. The van der Waals surface area contributed by atoms with Crippen LogP contribution >= 0.6 is 0 Å². The molecule has 2 heteroatoms. The molecule has 0 saturated carbocycles. The quantitative estimate of drug-likeness (QED) is 0.0615. The molecule has 0 amide bonds. The summed E-state index contributed by atoms with van der Waals surface area (Å²) in [4.78, 5) is 12.7. The van der Waals surface area contributed by atoms with Crippen LogP contribution in [0.3, 0.4) is 0 Å². The molecule has 0 aromatic rings. The maximum Gasteiger partial charge on any atom is 0.306 e. The average molecular weight is 551 g/mol. The first-order chi connectivity index (χ1) is 19.2. The standard InChI is InChI=1S/C37H74O2/c1-5-9-12-14-16-18-20-21-23-25-27-29-32-36(31-28-26-24-22-19-17-15-13-10-6-2)33-37(38)39-34-35(8-4)30-11-7-3/h35-36H,5-34H2,1-4H3. The van der Waals surface area contributed by atoms with Crippen molar-refractivity contribution in [2.45, 2.75) is 214 Å². The lowest BCUT2D eigenvalue weighted by Gasteiger charge is -2.18. The molecule has 0 radical (unpaired) electrons. The summed E-state index contributed by atoms with van der Waals surface area (Å²) in [5.41, 5.74) is 0. The fourth-order valence-electron chi connectivity index (χ4n) is 5.95. The topological polar surface area (TPSA) is 26.3 Å². The maximum absolute atomic E-state index is 12.7. The summed E-state index contributed by atoms with van der Waals surface area (Å²) >= 11 is 0. The van der Waals surface area contributed by atoms with E-state index in [9.17, 15) is 4.79 Å². The van der Waals surface area contributed by atoms with Crippen molar-refractivity contribution in [3.63, 3.8) is 0 Å². The van der Waals surface area contributed by atoms with Gasteiger partial charge in [0.25, 0.3) is 0 Å². The van der Waals surface area contributed by atoms with Crippen molar-refractivity contribution in [3.8, 4) is 0 Å². The summed E-state index contributed by atoms with van der Waals surface area (Å²) in [7, 11) is 0. The number of unbranched alkanes of at least 4 members (excludes halogenated alkanes) is 21. The Morgan fingerprint density at radius 3 is 1.13 bits per heavy atom. The van der Waals surface area contributed by atoms with E-state index in [2.05, 4.69) is 27.7 Å². The van der Waals surface area contributed by atoms with Crippen LogP contribution in [0.5, 0.6) is 0 Å². The molecule has 0 bridgehead atoms. The SMILES string of the molecule is CCCCCCCCCCCCCCC(CCCCCCCCCCCC)CC(=O)OCC(CC)CCCC. The first-order valence-corrected chi connectivity index (χ1v) is 18.3. The van der Waals surface area contributed by atoms with Gasteiger partial charge < -0.3 is 4.74 Å². The van der Waals surface area contributed by atoms with E-state index in [4.69, 9.17) is 4.74 Å². The van der Waals surface area contributed by atoms with Crippen LogP contribution in [-0.2, 0) is 9.53 Å². The van der Waals surface area contributed by atoms with Crippen molar-refractivity contribution in [2.24, 2.45) is 11.8 Å². The van der Waals surface area contributed by atoms with Crippen LogP contribution in [0.4, 0.5) is 0 Å². The molecule has 39 heavy (non-hydrogen) atoms. The van der Waals surface area contributed by atoms with Gasteiger partial charge in [-0.05, 0) is 31.1 Å². The first-order valence-electron chi connectivity index (χ1n) is 18.3. The highest BCUT2D eigenvalue weighted by atomic mass is 16.5. The van der Waals surface area contributed by atoms with Gasteiger partial charge in [-0.2, -0.15) is 0 Å². The number of esters is 1. The Labute approximate surface area is 247 Å². The molecule has 0 spiro atoms. The molecule has 2 atom stereocenters. The van der Waals surface area contributed by atoms with Crippen LogP contribution < -0.4 is 0 Å².